The highest BCUT2D eigenvalue weighted by Crippen LogP contribution is 2.28. The molecule has 1 amide bonds. The van der Waals surface area contributed by atoms with Crippen molar-refractivity contribution < 1.29 is 4.79 Å². The molecule has 27 heavy (non-hydrogen) atoms. The van der Waals surface area contributed by atoms with E-state index in [4.69, 9.17) is 5.73 Å². The maximum Gasteiger partial charge on any atom is 0.235 e. The Kier molecular flexibility index (Phi) is 6.13. The zero-order valence-electron chi connectivity index (χ0n) is 15.9. The molecule has 0 aliphatic carbocycles. The van der Waals surface area contributed by atoms with Crippen LogP contribution in [0.25, 0.3) is 4.96 Å². The molecule has 3 rings (SSSR count). The number of aryl methyl sites for hydroxylation is 2. The third-order valence-electron chi connectivity index (χ3n) is 4.62. The van der Waals surface area contributed by atoms with Crippen LogP contribution in [-0.4, -0.2) is 31.5 Å². The summed E-state index contributed by atoms with van der Waals surface area (Å²) in [7, 11) is 0. The van der Waals surface area contributed by atoms with Gasteiger partial charge in [0.1, 0.15) is 0 Å². The molecule has 0 aliphatic rings. The van der Waals surface area contributed by atoms with Crippen LogP contribution in [0.4, 0.5) is 5.69 Å². The van der Waals surface area contributed by atoms with Crippen LogP contribution in [0.1, 0.15) is 43.3 Å². The van der Waals surface area contributed by atoms with Gasteiger partial charge in [0, 0.05) is 5.69 Å². The van der Waals surface area contributed by atoms with Crippen molar-refractivity contribution in [2.24, 2.45) is 11.7 Å². The molecule has 3 N–H and O–H groups in total. The summed E-state index contributed by atoms with van der Waals surface area (Å²) >= 11 is 2.81. The molecule has 1 aromatic carbocycles. The number of anilines is 1. The molecule has 0 spiro atoms. The Morgan fingerprint density at radius 2 is 2.04 bits per heavy atom. The normalized spacial score (nSPS) is 13.7. The number of amides is 1. The van der Waals surface area contributed by atoms with Gasteiger partial charge in [0.05, 0.1) is 11.8 Å². The van der Waals surface area contributed by atoms with Crippen molar-refractivity contribution in [2.45, 2.75) is 44.5 Å². The second-order valence-electron chi connectivity index (χ2n) is 6.64. The van der Waals surface area contributed by atoms with Gasteiger partial charge in [-0.15, -0.1) is 15.3 Å². The molecule has 2 aromatic heterocycles. The number of carbonyl (C=O) groups excluding carboxylic acids is 1. The Bertz CT molecular complexity index is 930. The zero-order chi connectivity index (χ0) is 19.6. The van der Waals surface area contributed by atoms with Gasteiger partial charge in [0.15, 0.2) is 10.2 Å². The van der Waals surface area contributed by atoms with Crippen LogP contribution in [0.15, 0.2) is 22.5 Å². The van der Waals surface area contributed by atoms with Crippen molar-refractivity contribution in [2.75, 3.05) is 11.1 Å². The van der Waals surface area contributed by atoms with Crippen LogP contribution in [0.5, 0.6) is 0 Å². The Morgan fingerprint density at radius 3 is 2.70 bits per heavy atom. The first-order valence-corrected chi connectivity index (χ1v) is 10.7. The average molecular weight is 405 g/mol. The largest absolute Gasteiger partial charge is 0.325 e. The molecule has 0 radical (unpaired) electrons. The fourth-order valence-electron chi connectivity index (χ4n) is 2.70. The van der Waals surface area contributed by atoms with Gasteiger partial charge < -0.3 is 11.1 Å². The van der Waals surface area contributed by atoms with E-state index in [1.807, 2.05) is 32.0 Å². The first-order valence-electron chi connectivity index (χ1n) is 8.87. The lowest BCUT2D eigenvalue weighted by Gasteiger charge is -2.15. The average Bonchev–Trinajstić information content (AvgIpc) is 3.22. The number of aromatic nitrogens is 4. The van der Waals surface area contributed by atoms with Gasteiger partial charge in [-0.25, -0.2) is 0 Å². The van der Waals surface area contributed by atoms with Crippen molar-refractivity contribution in [1.82, 2.24) is 19.8 Å². The lowest BCUT2D eigenvalue weighted by molar-refractivity contribution is -0.113. The third kappa shape index (κ3) is 4.31. The summed E-state index contributed by atoms with van der Waals surface area (Å²) in [5.41, 5.74) is 9.26. The number of nitrogens with one attached hydrogen (secondary N) is 1. The summed E-state index contributed by atoms with van der Waals surface area (Å²) in [4.78, 5) is 13.0. The molecule has 144 valence electrons. The maximum atomic E-state index is 12.3. The van der Waals surface area contributed by atoms with Gasteiger partial charge in [-0.2, -0.15) is 4.52 Å². The maximum absolute atomic E-state index is 12.3. The van der Waals surface area contributed by atoms with E-state index in [0.29, 0.717) is 16.7 Å². The molecule has 2 unspecified atom stereocenters. The molecular formula is C18H24N6OS2. The predicted octanol–water partition coefficient (Wildman–Crippen LogP) is 3.58. The first-order chi connectivity index (χ1) is 12.9. The molecule has 0 aliphatic heterocycles. The molecule has 2 atom stereocenters. The monoisotopic (exact) mass is 404 g/mol. The van der Waals surface area contributed by atoms with Gasteiger partial charge in [0.2, 0.25) is 10.9 Å². The SMILES string of the molecule is CCC(C)C(N)c1nnc2sc(SCC(=O)Nc3c(C)cccc3C)nn12. The topological polar surface area (TPSA) is 98.2 Å². The van der Waals surface area contributed by atoms with E-state index in [-0.39, 0.29) is 17.7 Å². The minimum Gasteiger partial charge on any atom is -0.325 e. The van der Waals surface area contributed by atoms with E-state index in [2.05, 4.69) is 34.5 Å². The van der Waals surface area contributed by atoms with Gasteiger partial charge >= 0.3 is 0 Å². The van der Waals surface area contributed by atoms with Crippen LogP contribution in [0.3, 0.4) is 0 Å². The first kappa shape index (κ1) is 19.8. The van der Waals surface area contributed by atoms with Gasteiger partial charge in [-0.1, -0.05) is 61.6 Å². The van der Waals surface area contributed by atoms with Crippen molar-refractivity contribution in [3.8, 4) is 0 Å². The summed E-state index contributed by atoms with van der Waals surface area (Å²) in [5, 5.41) is 15.9. The number of para-hydroxylation sites is 1. The van der Waals surface area contributed by atoms with E-state index < -0.39 is 0 Å². The number of hydrogen-bond donors (Lipinski definition) is 2. The lowest BCUT2D eigenvalue weighted by Crippen LogP contribution is -2.21. The smallest absolute Gasteiger partial charge is 0.235 e. The van der Waals surface area contributed by atoms with Crippen LogP contribution in [0, 0.1) is 19.8 Å². The van der Waals surface area contributed by atoms with Crippen molar-refractivity contribution in [3.63, 3.8) is 0 Å². The summed E-state index contributed by atoms with van der Waals surface area (Å²) in [6.45, 7) is 8.16. The van der Waals surface area contributed by atoms with E-state index >= 15 is 0 Å². The van der Waals surface area contributed by atoms with Crippen molar-refractivity contribution in [1.29, 1.82) is 0 Å². The second-order valence-corrected chi connectivity index (χ2v) is 8.81. The fraction of sp³-hybridized carbons (Fsp3) is 0.444. The number of rotatable bonds is 7. The molecule has 0 saturated carbocycles. The van der Waals surface area contributed by atoms with Crippen LogP contribution < -0.4 is 11.1 Å². The Morgan fingerprint density at radius 1 is 1.33 bits per heavy atom. The summed E-state index contributed by atoms with van der Waals surface area (Å²) in [5.74, 6) is 1.19. The fourth-order valence-corrected chi connectivity index (χ4v) is 4.39. The highest BCUT2D eigenvalue weighted by Gasteiger charge is 2.22. The summed E-state index contributed by atoms with van der Waals surface area (Å²) in [6.07, 6.45) is 0.959. The number of nitrogens with two attached hydrogens (primary N) is 1. The predicted molar refractivity (Wildman–Crippen MR) is 110 cm³/mol. The molecule has 0 fully saturated rings. The highest BCUT2D eigenvalue weighted by atomic mass is 32.2. The number of thioether (sulfide) groups is 1. The van der Waals surface area contributed by atoms with Gasteiger partial charge in [0.25, 0.3) is 0 Å². The molecule has 3 aromatic rings. The van der Waals surface area contributed by atoms with Crippen molar-refractivity contribution >= 4 is 39.7 Å². The summed E-state index contributed by atoms with van der Waals surface area (Å²) < 4.78 is 2.47. The number of carbonyl (C=O) groups is 1. The molecule has 2 heterocycles. The minimum absolute atomic E-state index is 0.0557. The number of fused-ring (bicyclic) bond motifs is 1. The molecule has 0 saturated heterocycles. The Labute approximate surface area is 166 Å². The van der Waals surface area contributed by atoms with Crippen molar-refractivity contribution in [3.05, 3.63) is 35.2 Å². The standard InChI is InChI=1S/C18H24N6OS2/c1-5-10(2)14(19)16-21-22-17-24(16)23-18(27-17)26-9-13(25)20-15-11(3)7-6-8-12(15)4/h6-8,10,14H,5,9,19H2,1-4H3,(H,20,25). The second kappa shape index (κ2) is 8.37. The van der Waals surface area contributed by atoms with Crippen LogP contribution in [-0.2, 0) is 4.79 Å². The number of nitrogens with zero attached hydrogens (tertiary/aromatic N) is 4. The highest BCUT2D eigenvalue weighted by molar-refractivity contribution is 8.01. The minimum atomic E-state index is -0.211. The van der Waals surface area contributed by atoms with E-state index in [9.17, 15) is 4.79 Å². The van der Waals surface area contributed by atoms with E-state index in [0.717, 1.165) is 27.6 Å². The third-order valence-corrected chi connectivity index (χ3v) is 6.66. The molecule has 7 nitrogen and oxygen atoms in total. The quantitative estimate of drug-likeness (QED) is 0.584. The van der Waals surface area contributed by atoms with Gasteiger partial charge in [-0.05, 0) is 30.9 Å². The Balaban J connectivity index is 1.67. The van der Waals surface area contributed by atoms with E-state index in [1.165, 1.54) is 23.1 Å². The zero-order valence-corrected chi connectivity index (χ0v) is 17.5. The number of benzene rings is 1. The molecule has 0 bridgehead atoms. The van der Waals surface area contributed by atoms with Gasteiger partial charge in [-0.3, -0.25) is 4.79 Å². The summed E-state index contributed by atoms with van der Waals surface area (Å²) in [6, 6.07) is 5.74. The Hall–Kier alpha value is -1.97. The van der Waals surface area contributed by atoms with E-state index in [1.54, 1.807) is 4.52 Å². The molecule has 9 heteroatoms. The molecular weight excluding hydrogens is 380 g/mol. The number of hydrogen-bond acceptors (Lipinski definition) is 7. The lowest BCUT2D eigenvalue weighted by atomic mass is 10.00. The van der Waals surface area contributed by atoms with Crippen LogP contribution >= 0.6 is 23.1 Å². The van der Waals surface area contributed by atoms with Crippen LogP contribution in [0.2, 0.25) is 0 Å².